The molecule has 0 fully saturated rings. The number of hydrogen-bond acceptors (Lipinski definition) is 4. The molecule has 0 aliphatic rings. The van der Waals surface area contributed by atoms with Crippen molar-refractivity contribution in [1.82, 2.24) is 19.7 Å². The van der Waals surface area contributed by atoms with E-state index in [4.69, 9.17) is 0 Å². The molecular formula is C16H19N5. The van der Waals surface area contributed by atoms with E-state index in [1.54, 1.807) is 6.20 Å². The monoisotopic (exact) mass is 281 g/mol. The van der Waals surface area contributed by atoms with Gasteiger partial charge in [-0.25, -0.2) is 4.98 Å². The maximum atomic E-state index is 4.55. The quantitative estimate of drug-likeness (QED) is 0.731. The minimum atomic E-state index is 0.821. The lowest BCUT2D eigenvalue weighted by molar-refractivity contribution is 0.573. The van der Waals surface area contributed by atoms with Crippen LogP contribution in [-0.2, 0) is 6.54 Å². The topological polar surface area (TPSA) is 55.6 Å². The van der Waals surface area contributed by atoms with Gasteiger partial charge < -0.3 is 5.32 Å². The van der Waals surface area contributed by atoms with Gasteiger partial charge in [0.25, 0.3) is 0 Å². The van der Waals surface area contributed by atoms with Gasteiger partial charge in [-0.1, -0.05) is 12.1 Å². The molecule has 0 aliphatic heterocycles. The molecule has 2 heterocycles. The van der Waals surface area contributed by atoms with Crippen LogP contribution in [-0.4, -0.2) is 26.3 Å². The Morgan fingerprint density at radius 3 is 2.71 bits per heavy atom. The zero-order chi connectivity index (χ0) is 14.7. The van der Waals surface area contributed by atoms with Crippen LogP contribution in [0.25, 0.3) is 11.0 Å². The standard InChI is InChI=1S/C16H19N5/c1-12-10-13(2)21(20-12)9-5-8-17-16-11-18-14-6-3-4-7-15(14)19-16/h3-4,6-7,10-11H,5,8-9H2,1-2H3,(H,17,19). The predicted octanol–water partition coefficient (Wildman–Crippen LogP) is 2.95. The lowest BCUT2D eigenvalue weighted by Crippen LogP contribution is -2.09. The normalized spacial score (nSPS) is 11.0. The van der Waals surface area contributed by atoms with Crippen molar-refractivity contribution in [3.63, 3.8) is 0 Å². The summed E-state index contributed by atoms with van der Waals surface area (Å²) in [6, 6.07) is 9.99. The second-order valence-corrected chi connectivity index (χ2v) is 5.17. The summed E-state index contributed by atoms with van der Waals surface area (Å²) in [5.74, 6) is 0.821. The summed E-state index contributed by atoms with van der Waals surface area (Å²) in [5.41, 5.74) is 4.12. The first-order valence-electron chi connectivity index (χ1n) is 7.19. The van der Waals surface area contributed by atoms with Gasteiger partial charge in [-0.2, -0.15) is 5.10 Å². The molecule has 0 saturated carbocycles. The van der Waals surface area contributed by atoms with Crippen LogP contribution >= 0.6 is 0 Å². The van der Waals surface area contributed by atoms with Crippen LogP contribution in [0.15, 0.2) is 36.5 Å². The van der Waals surface area contributed by atoms with Crippen molar-refractivity contribution in [3.05, 3.63) is 47.9 Å². The van der Waals surface area contributed by atoms with Gasteiger partial charge in [0.2, 0.25) is 0 Å². The summed E-state index contributed by atoms with van der Waals surface area (Å²) < 4.78 is 2.04. The van der Waals surface area contributed by atoms with Crippen molar-refractivity contribution in [2.24, 2.45) is 0 Å². The van der Waals surface area contributed by atoms with Crippen LogP contribution in [0.3, 0.4) is 0 Å². The number of rotatable bonds is 5. The number of aromatic nitrogens is 4. The molecule has 108 valence electrons. The number of anilines is 1. The largest absolute Gasteiger partial charge is 0.369 e. The number of fused-ring (bicyclic) bond motifs is 1. The smallest absolute Gasteiger partial charge is 0.145 e. The van der Waals surface area contributed by atoms with E-state index in [9.17, 15) is 0 Å². The summed E-state index contributed by atoms with van der Waals surface area (Å²) in [6.07, 6.45) is 2.78. The minimum absolute atomic E-state index is 0.821. The first-order valence-corrected chi connectivity index (χ1v) is 7.19. The summed E-state index contributed by atoms with van der Waals surface area (Å²) in [6.45, 7) is 5.87. The van der Waals surface area contributed by atoms with Gasteiger partial charge in [0.15, 0.2) is 0 Å². The third-order valence-electron chi connectivity index (χ3n) is 3.40. The number of nitrogens with one attached hydrogen (secondary N) is 1. The molecule has 21 heavy (non-hydrogen) atoms. The van der Waals surface area contributed by atoms with Gasteiger partial charge in [0, 0.05) is 18.8 Å². The number of aryl methyl sites for hydroxylation is 3. The van der Waals surface area contributed by atoms with E-state index in [1.165, 1.54) is 5.69 Å². The third-order valence-corrected chi connectivity index (χ3v) is 3.40. The SMILES string of the molecule is Cc1cc(C)n(CCCNc2cnc3ccccc3n2)n1. The fourth-order valence-electron chi connectivity index (χ4n) is 2.39. The molecule has 1 N–H and O–H groups in total. The Bertz CT molecular complexity index is 747. The van der Waals surface area contributed by atoms with Gasteiger partial charge in [-0.05, 0) is 38.5 Å². The second-order valence-electron chi connectivity index (χ2n) is 5.17. The Hall–Kier alpha value is -2.43. The Morgan fingerprint density at radius 2 is 1.95 bits per heavy atom. The van der Waals surface area contributed by atoms with E-state index >= 15 is 0 Å². The minimum Gasteiger partial charge on any atom is -0.369 e. The highest BCUT2D eigenvalue weighted by Gasteiger charge is 2.01. The highest BCUT2D eigenvalue weighted by Crippen LogP contribution is 2.11. The first kappa shape index (κ1) is 13.5. The van der Waals surface area contributed by atoms with E-state index in [0.717, 1.165) is 42.1 Å². The van der Waals surface area contributed by atoms with Crippen LogP contribution in [0, 0.1) is 13.8 Å². The number of para-hydroxylation sites is 2. The number of nitrogens with zero attached hydrogens (tertiary/aromatic N) is 4. The van der Waals surface area contributed by atoms with Crippen LogP contribution in [0.1, 0.15) is 17.8 Å². The zero-order valence-corrected chi connectivity index (χ0v) is 12.4. The molecular weight excluding hydrogens is 262 g/mol. The van der Waals surface area contributed by atoms with Gasteiger partial charge in [-0.15, -0.1) is 0 Å². The average molecular weight is 281 g/mol. The Balaban J connectivity index is 1.55. The van der Waals surface area contributed by atoms with Crippen molar-refractivity contribution in [1.29, 1.82) is 0 Å². The highest BCUT2D eigenvalue weighted by atomic mass is 15.3. The highest BCUT2D eigenvalue weighted by molar-refractivity contribution is 5.75. The Morgan fingerprint density at radius 1 is 1.14 bits per heavy atom. The van der Waals surface area contributed by atoms with E-state index in [-0.39, 0.29) is 0 Å². The molecule has 0 radical (unpaired) electrons. The molecule has 3 rings (SSSR count). The molecule has 0 amide bonds. The zero-order valence-electron chi connectivity index (χ0n) is 12.4. The van der Waals surface area contributed by atoms with Gasteiger partial charge in [0.05, 0.1) is 22.9 Å². The predicted molar refractivity (Wildman–Crippen MR) is 84.3 cm³/mol. The van der Waals surface area contributed by atoms with Crippen molar-refractivity contribution in [3.8, 4) is 0 Å². The summed E-state index contributed by atoms with van der Waals surface area (Å²) in [5, 5.41) is 7.78. The lowest BCUT2D eigenvalue weighted by atomic mass is 10.3. The summed E-state index contributed by atoms with van der Waals surface area (Å²) in [7, 11) is 0. The summed E-state index contributed by atoms with van der Waals surface area (Å²) >= 11 is 0. The molecule has 0 spiro atoms. The maximum Gasteiger partial charge on any atom is 0.145 e. The molecule has 3 aromatic rings. The average Bonchev–Trinajstić information content (AvgIpc) is 2.81. The van der Waals surface area contributed by atoms with Crippen LogP contribution in [0.5, 0.6) is 0 Å². The van der Waals surface area contributed by atoms with Crippen LogP contribution in [0.4, 0.5) is 5.82 Å². The van der Waals surface area contributed by atoms with Crippen LogP contribution in [0.2, 0.25) is 0 Å². The lowest BCUT2D eigenvalue weighted by Gasteiger charge is -2.07. The molecule has 2 aromatic heterocycles. The van der Waals surface area contributed by atoms with E-state index in [1.807, 2.05) is 35.9 Å². The van der Waals surface area contributed by atoms with E-state index < -0.39 is 0 Å². The van der Waals surface area contributed by atoms with Gasteiger partial charge in [-0.3, -0.25) is 9.67 Å². The molecule has 0 saturated heterocycles. The number of hydrogen-bond donors (Lipinski definition) is 1. The van der Waals surface area contributed by atoms with Crippen LogP contribution < -0.4 is 5.32 Å². The van der Waals surface area contributed by atoms with Crippen molar-refractivity contribution in [2.45, 2.75) is 26.8 Å². The molecule has 0 aliphatic carbocycles. The van der Waals surface area contributed by atoms with Crippen molar-refractivity contribution >= 4 is 16.9 Å². The van der Waals surface area contributed by atoms with E-state index in [2.05, 4.69) is 33.4 Å². The molecule has 0 unspecified atom stereocenters. The molecule has 5 nitrogen and oxygen atoms in total. The molecule has 0 atom stereocenters. The fraction of sp³-hybridized carbons (Fsp3) is 0.312. The third kappa shape index (κ3) is 3.18. The molecule has 1 aromatic carbocycles. The second kappa shape index (κ2) is 5.91. The first-order chi connectivity index (χ1) is 10.2. The van der Waals surface area contributed by atoms with Gasteiger partial charge in [0.1, 0.15) is 5.82 Å². The van der Waals surface area contributed by atoms with E-state index in [0.29, 0.717) is 0 Å². The van der Waals surface area contributed by atoms with Crippen molar-refractivity contribution in [2.75, 3.05) is 11.9 Å². The Labute approximate surface area is 124 Å². The molecule has 0 bridgehead atoms. The number of benzene rings is 1. The Kier molecular flexibility index (Phi) is 3.81. The fourth-order valence-corrected chi connectivity index (χ4v) is 2.39. The van der Waals surface area contributed by atoms with Crippen molar-refractivity contribution < 1.29 is 0 Å². The van der Waals surface area contributed by atoms with Gasteiger partial charge >= 0.3 is 0 Å². The maximum absolute atomic E-state index is 4.55. The summed E-state index contributed by atoms with van der Waals surface area (Å²) in [4.78, 5) is 8.94. The molecule has 5 heteroatoms.